The number of hydrogen-bond acceptors (Lipinski definition) is 4. The fourth-order valence-corrected chi connectivity index (χ4v) is 2.26. The summed E-state index contributed by atoms with van der Waals surface area (Å²) in [6, 6.07) is 7.34. The van der Waals surface area contributed by atoms with E-state index in [2.05, 4.69) is 5.43 Å². The van der Waals surface area contributed by atoms with Crippen LogP contribution in [0.4, 0.5) is 0 Å². The number of hydrogen-bond donors (Lipinski definition) is 2. The van der Waals surface area contributed by atoms with Gasteiger partial charge in [-0.2, -0.15) is 8.42 Å². The zero-order chi connectivity index (χ0) is 10.8. The monoisotopic (exact) mass is 222 g/mol. The maximum atomic E-state index is 11.0. The zero-order valence-corrected chi connectivity index (χ0v) is 8.71. The molecule has 1 aliphatic carbocycles. The van der Waals surface area contributed by atoms with E-state index in [1.165, 1.54) is 0 Å². The molecule has 0 amide bonds. The number of fused-ring (bicyclic) bond motifs is 1. The first-order valence-electron chi connectivity index (χ1n) is 4.44. The van der Waals surface area contributed by atoms with Crippen LogP contribution in [-0.2, 0) is 10.3 Å². The van der Waals surface area contributed by atoms with Crippen LogP contribution in [0.2, 0.25) is 0 Å². The van der Waals surface area contributed by atoms with Crippen molar-refractivity contribution < 1.29 is 8.42 Å². The van der Waals surface area contributed by atoms with Crippen molar-refractivity contribution in [1.82, 2.24) is 5.43 Å². The molecule has 5 heteroatoms. The lowest BCUT2D eigenvalue weighted by molar-refractivity contribution is 0.626. The van der Waals surface area contributed by atoms with Gasteiger partial charge >= 0.3 is 0 Å². The Bertz CT molecular complexity index is 551. The Morgan fingerprint density at radius 3 is 2.67 bits per heavy atom. The van der Waals surface area contributed by atoms with E-state index >= 15 is 0 Å². The van der Waals surface area contributed by atoms with Crippen molar-refractivity contribution in [2.24, 2.45) is 5.84 Å². The average Bonchev–Trinajstić information content (AvgIpc) is 2.27. The van der Waals surface area contributed by atoms with Crippen LogP contribution in [0, 0.1) is 0 Å². The number of allylic oxidation sites excluding steroid dienone is 1. The lowest BCUT2D eigenvalue weighted by Crippen LogP contribution is -2.25. The van der Waals surface area contributed by atoms with Crippen LogP contribution in [0.1, 0.15) is 17.5 Å². The molecule has 0 aliphatic heterocycles. The van der Waals surface area contributed by atoms with Crippen molar-refractivity contribution in [3.63, 3.8) is 0 Å². The quantitative estimate of drug-likeness (QED) is 0.407. The Labute approximate surface area is 88.9 Å². The molecule has 0 heterocycles. The molecule has 0 atom stereocenters. The fraction of sp³-hybridized carbons (Fsp3) is 0.100. The van der Waals surface area contributed by atoms with Gasteiger partial charge < -0.3 is 5.43 Å². The van der Waals surface area contributed by atoms with Gasteiger partial charge in [-0.25, -0.2) is 0 Å². The number of nitrogens with two attached hydrogens (primary N) is 1. The third-order valence-corrected chi connectivity index (χ3v) is 3.10. The molecule has 78 valence electrons. The SMILES string of the molecule is NNC1=Cc2ccccc2C(=S(=O)=O)C1. The minimum absolute atomic E-state index is 0.323. The summed E-state index contributed by atoms with van der Waals surface area (Å²) in [4.78, 5) is 0.376. The van der Waals surface area contributed by atoms with Crippen molar-refractivity contribution >= 4 is 21.2 Å². The minimum Gasteiger partial charge on any atom is -0.328 e. The van der Waals surface area contributed by atoms with Crippen LogP contribution in [0.15, 0.2) is 30.0 Å². The smallest absolute Gasteiger partial charge is 0.218 e. The van der Waals surface area contributed by atoms with E-state index in [0.717, 1.165) is 11.1 Å². The first-order valence-corrected chi connectivity index (χ1v) is 5.51. The first kappa shape index (κ1) is 9.95. The van der Waals surface area contributed by atoms with Gasteiger partial charge in [0.25, 0.3) is 0 Å². The van der Waals surface area contributed by atoms with Gasteiger partial charge in [-0.3, -0.25) is 5.84 Å². The molecule has 2 rings (SSSR count). The minimum atomic E-state index is -2.21. The standard InChI is InChI=1S/C10H10N2O2S/c11-12-8-5-7-3-1-2-4-9(7)10(6-8)15(13)14/h1-5,12H,6,11H2. The third kappa shape index (κ3) is 1.79. The second kappa shape index (κ2) is 3.88. The molecule has 0 spiro atoms. The maximum Gasteiger partial charge on any atom is 0.218 e. The van der Waals surface area contributed by atoms with E-state index in [4.69, 9.17) is 5.84 Å². The highest BCUT2D eigenvalue weighted by Gasteiger charge is 2.16. The molecule has 0 saturated heterocycles. The molecule has 0 radical (unpaired) electrons. The fourth-order valence-electron chi connectivity index (χ4n) is 1.63. The molecule has 4 nitrogen and oxygen atoms in total. The summed E-state index contributed by atoms with van der Waals surface area (Å²) in [5.41, 5.74) is 4.82. The van der Waals surface area contributed by atoms with E-state index in [-0.39, 0.29) is 0 Å². The number of rotatable bonds is 1. The Balaban J connectivity index is 2.70. The predicted molar refractivity (Wildman–Crippen MR) is 59.4 cm³/mol. The average molecular weight is 222 g/mol. The Morgan fingerprint density at radius 1 is 1.27 bits per heavy atom. The summed E-state index contributed by atoms with van der Waals surface area (Å²) in [7, 11) is -2.21. The van der Waals surface area contributed by atoms with E-state index in [1.54, 1.807) is 6.07 Å². The van der Waals surface area contributed by atoms with Gasteiger partial charge in [0, 0.05) is 17.7 Å². The highest BCUT2D eigenvalue weighted by atomic mass is 32.2. The lowest BCUT2D eigenvalue weighted by Gasteiger charge is -2.15. The maximum absolute atomic E-state index is 11.0. The second-order valence-electron chi connectivity index (χ2n) is 3.24. The molecule has 0 unspecified atom stereocenters. The van der Waals surface area contributed by atoms with E-state index in [0.29, 0.717) is 17.0 Å². The van der Waals surface area contributed by atoms with Crippen LogP contribution < -0.4 is 11.3 Å². The van der Waals surface area contributed by atoms with Crippen LogP contribution in [-0.4, -0.2) is 13.3 Å². The lowest BCUT2D eigenvalue weighted by atomic mass is 9.95. The highest BCUT2D eigenvalue weighted by molar-refractivity contribution is 7.73. The number of hydrazine groups is 1. The Kier molecular flexibility index (Phi) is 2.57. The second-order valence-corrected chi connectivity index (χ2v) is 4.20. The molecular weight excluding hydrogens is 212 g/mol. The predicted octanol–water partition coefficient (Wildman–Crippen LogP) is 0.294. The van der Waals surface area contributed by atoms with Crippen molar-refractivity contribution in [3.05, 3.63) is 41.1 Å². The molecule has 3 N–H and O–H groups in total. The Morgan fingerprint density at radius 2 is 2.00 bits per heavy atom. The van der Waals surface area contributed by atoms with Gasteiger partial charge in [0.2, 0.25) is 10.3 Å². The van der Waals surface area contributed by atoms with Gasteiger partial charge in [-0.05, 0) is 11.6 Å². The summed E-state index contributed by atoms with van der Waals surface area (Å²) in [5.74, 6) is 5.29. The molecular formula is C10H10N2O2S. The molecule has 15 heavy (non-hydrogen) atoms. The largest absolute Gasteiger partial charge is 0.328 e. The zero-order valence-electron chi connectivity index (χ0n) is 7.90. The summed E-state index contributed by atoms with van der Waals surface area (Å²) in [5, 5.41) is 0. The van der Waals surface area contributed by atoms with Crippen molar-refractivity contribution in [2.45, 2.75) is 6.42 Å². The number of nitrogens with one attached hydrogen (secondary N) is 1. The molecule has 0 fully saturated rings. The van der Waals surface area contributed by atoms with E-state index in [9.17, 15) is 8.42 Å². The van der Waals surface area contributed by atoms with Crippen molar-refractivity contribution in [1.29, 1.82) is 0 Å². The van der Waals surface area contributed by atoms with Gasteiger partial charge in [0.15, 0.2) is 0 Å². The van der Waals surface area contributed by atoms with Crippen LogP contribution in [0.5, 0.6) is 0 Å². The van der Waals surface area contributed by atoms with Crippen LogP contribution >= 0.6 is 0 Å². The van der Waals surface area contributed by atoms with Crippen molar-refractivity contribution in [2.75, 3.05) is 0 Å². The van der Waals surface area contributed by atoms with Gasteiger partial charge in [-0.15, -0.1) is 0 Å². The molecule has 1 aliphatic rings. The summed E-state index contributed by atoms with van der Waals surface area (Å²) < 4.78 is 22.1. The highest BCUT2D eigenvalue weighted by Crippen LogP contribution is 2.21. The summed E-state index contributed by atoms with van der Waals surface area (Å²) in [6.45, 7) is 0. The molecule has 0 aromatic heterocycles. The molecule has 0 saturated carbocycles. The number of benzene rings is 1. The summed E-state index contributed by atoms with van der Waals surface area (Å²) in [6.07, 6.45) is 2.18. The topological polar surface area (TPSA) is 72.2 Å². The molecule has 1 aromatic carbocycles. The van der Waals surface area contributed by atoms with Gasteiger partial charge in [-0.1, -0.05) is 24.3 Å². The Hall–Kier alpha value is -1.59. The molecule has 0 bridgehead atoms. The summed E-state index contributed by atoms with van der Waals surface area (Å²) >= 11 is 0. The normalized spacial score (nSPS) is 14.2. The molecule has 1 aromatic rings. The first-order chi connectivity index (χ1) is 7.22. The van der Waals surface area contributed by atoms with E-state index in [1.807, 2.05) is 24.3 Å². The third-order valence-electron chi connectivity index (χ3n) is 2.33. The van der Waals surface area contributed by atoms with Crippen molar-refractivity contribution in [3.8, 4) is 0 Å². The van der Waals surface area contributed by atoms with Crippen LogP contribution in [0.3, 0.4) is 0 Å². The van der Waals surface area contributed by atoms with Gasteiger partial charge in [0.1, 0.15) is 0 Å². The van der Waals surface area contributed by atoms with Crippen LogP contribution in [0.25, 0.3) is 6.08 Å². The van der Waals surface area contributed by atoms with Gasteiger partial charge in [0.05, 0.1) is 4.86 Å². The van der Waals surface area contributed by atoms with E-state index < -0.39 is 10.3 Å².